The van der Waals surface area contributed by atoms with Crippen LogP contribution in [0, 0.1) is 0 Å². The molecule has 3 aromatic heterocycles. The number of carbonyl (C=O) groups is 1. The number of nitrogens with zero attached hydrogens (tertiary/aromatic N) is 5. The predicted octanol–water partition coefficient (Wildman–Crippen LogP) is 3.15. The third-order valence-corrected chi connectivity index (χ3v) is 5.52. The molecule has 32 heavy (non-hydrogen) atoms. The number of rotatable bonds is 6. The van der Waals surface area contributed by atoms with Crippen LogP contribution in [0.15, 0.2) is 71.6 Å². The van der Waals surface area contributed by atoms with E-state index in [9.17, 15) is 4.79 Å². The van der Waals surface area contributed by atoms with E-state index >= 15 is 0 Å². The fourth-order valence-corrected chi connectivity index (χ4v) is 3.80. The molecule has 8 heteroatoms. The second kappa shape index (κ2) is 9.15. The van der Waals surface area contributed by atoms with Crippen LogP contribution in [0.25, 0.3) is 10.9 Å². The Balaban J connectivity index is 1.14. The molecule has 162 valence electrons. The summed E-state index contributed by atoms with van der Waals surface area (Å²) in [7, 11) is 0. The molecule has 1 fully saturated rings. The second-order valence-corrected chi connectivity index (χ2v) is 7.75. The van der Waals surface area contributed by atoms with Crippen LogP contribution < -0.4 is 4.74 Å². The minimum absolute atomic E-state index is 0.113. The van der Waals surface area contributed by atoms with Crippen molar-refractivity contribution in [1.82, 2.24) is 24.9 Å². The number of piperazine rings is 1. The zero-order valence-electron chi connectivity index (χ0n) is 17.6. The van der Waals surface area contributed by atoms with E-state index in [0.29, 0.717) is 30.3 Å². The minimum Gasteiger partial charge on any atom is -0.486 e. The van der Waals surface area contributed by atoms with Crippen molar-refractivity contribution >= 4 is 16.8 Å². The molecule has 0 aliphatic carbocycles. The van der Waals surface area contributed by atoms with Gasteiger partial charge in [-0.05, 0) is 35.9 Å². The molecule has 1 aliphatic heterocycles. The van der Waals surface area contributed by atoms with Gasteiger partial charge in [0, 0.05) is 62.8 Å². The monoisotopic (exact) mass is 429 g/mol. The summed E-state index contributed by atoms with van der Waals surface area (Å²) in [5.41, 5.74) is 2.40. The van der Waals surface area contributed by atoms with Gasteiger partial charge >= 0.3 is 0 Å². The van der Waals surface area contributed by atoms with Gasteiger partial charge in [-0.3, -0.25) is 19.7 Å². The van der Waals surface area contributed by atoms with E-state index in [-0.39, 0.29) is 12.5 Å². The predicted molar refractivity (Wildman–Crippen MR) is 118 cm³/mol. The maximum absolute atomic E-state index is 12.8. The van der Waals surface area contributed by atoms with Gasteiger partial charge < -0.3 is 14.2 Å². The van der Waals surface area contributed by atoms with Crippen molar-refractivity contribution in [3.05, 3.63) is 84.1 Å². The number of amides is 1. The number of carbonyl (C=O) groups excluding carboxylic acids is 1. The van der Waals surface area contributed by atoms with E-state index < -0.39 is 0 Å². The first kappa shape index (κ1) is 20.1. The molecule has 0 unspecified atom stereocenters. The van der Waals surface area contributed by atoms with Crippen molar-refractivity contribution in [3.63, 3.8) is 0 Å². The highest BCUT2D eigenvalue weighted by Crippen LogP contribution is 2.20. The van der Waals surface area contributed by atoms with Crippen molar-refractivity contribution < 1.29 is 14.1 Å². The highest BCUT2D eigenvalue weighted by atomic mass is 16.5. The zero-order valence-corrected chi connectivity index (χ0v) is 17.6. The Labute approximate surface area is 185 Å². The smallest absolute Gasteiger partial charge is 0.276 e. The highest BCUT2D eigenvalue weighted by molar-refractivity contribution is 5.92. The lowest BCUT2D eigenvalue weighted by Crippen LogP contribution is -2.48. The molecule has 1 aliphatic rings. The van der Waals surface area contributed by atoms with E-state index in [0.717, 1.165) is 30.5 Å². The minimum atomic E-state index is -0.113. The summed E-state index contributed by atoms with van der Waals surface area (Å²) in [4.78, 5) is 25.4. The Bertz CT molecular complexity index is 1200. The number of benzene rings is 1. The number of hydrogen-bond acceptors (Lipinski definition) is 7. The molecule has 0 spiro atoms. The second-order valence-electron chi connectivity index (χ2n) is 7.75. The van der Waals surface area contributed by atoms with E-state index in [1.54, 1.807) is 18.5 Å². The van der Waals surface area contributed by atoms with Crippen molar-refractivity contribution in [2.24, 2.45) is 0 Å². The molecule has 0 radical (unpaired) electrons. The van der Waals surface area contributed by atoms with Crippen LogP contribution in [0.3, 0.4) is 0 Å². The first-order chi connectivity index (χ1) is 15.7. The van der Waals surface area contributed by atoms with E-state index in [1.165, 1.54) is 5.56 Å². The molecule has 1 amide bonds. The van der Waals surface area contributed by atoms with Crippen molar-refractivity contribution in [1.29, 1.82) is 0 Å². The summed E-state index contributed by atoms with van der Waals surface area (Å²) in [5, 5.41) is 4.96. The molecule has 0 N–H and O–H groups in total. The first-order valence-electron chi connectivity index (χ1n) is 10.6. The van der Waals surface area contributed by atoms with Crippen LogP contribution in [0.4, 0.5) is 0 Å². The summed E-state index contributed by atoms with van der Waals surface area (Å²) < 4.78 is 11.1. The highest BCUT2D eigenvalue weighted by Gasteiger charge is 2.24. The van der Waals surface area contributed by atoms with Crippen molar-refractivity contribution in [2.75, 3.05) is 26.2 Å². The number of pyridine rings is 2. The van der Waals surface area contributed by atoms with Crippen molar-refractivity contribution in [3.8, 4) is 5.75 Å². The van der Waals surface area contributed by atoms with Gasteiger partial charge in [0.2, 0.25) is 0 Å². The van der Waals surface area contributed by atoms with Gasteiger partial charge in [0.05, 0.1) is 5.52 Å². The van der Waals surface area contributed by atoms with Crippen molar-refractivity contribution in [2.45, 2.75) is 13.2 Å². The molecular weight excluding hydrogens is 406 g/mol. The van der Waals surface area contributed by atoms with Gasteiger partial charge in [-0.1, -0.05) is 17.3 Å². The molecule has 4 aromatic rings. The topological polar surface area (TPSA) is 84.6 Å². The quantitative estimate of drug-likeness (QED) is 0.465. The lowest BCUT2D eigenvalue weighted by Gasteiger charge is -2.34. The zero-order chi connectivity index (χ0) is 21.8. The first-order valence-corrected chi connectivity index (χ1v) is 10.6. The van der Waals surface area contributed by atoms with Gasteiger partial charge in [-0.15, -0.1) is 0 Å². The van der Waals surface area contributed by atoms with Crippen LogP contribution in [-0.4, -0.2) is 57.0 Å². The molecule has 1 saturated heterocycles. The Morgan fingerprint density at radius 2 is 1.91 bits per heavy atom. The third-order valence-electron chi connectivity index (χ3n) is 5.52. The van der Waals surface area contributed by atoms with Crippen LogP contribution in [0.5, 0.6) is 5.75 Å². The number of hydrogen-bond donors (Lipinski definition) is 0. The summed E-state index contributed by atoms with van der Waals surface area (Å²) in [6.45, 7) is 3.97. The lowest BCUT2D eigenvalue weighted by atomic mass is 10.2. The molecule has 0 atom stereocenters. The number of ether oxygens (including phenoxy) is 1. The largest absolute Gasteiger partial charge is 0.486 e. The average molecular weight is 429 g/mol. The number of aromatic nitrogens is 3. The Morgan fingerprint density at radius 3 is 2.75 bits per heavy atom. The Kier molecular flexibility index (Phi) is 5.76. The van der Waals surface area contributed by atoms with Gasteiger partial charge in [0.1, 0.15) is 12.4 Å². The summed E-state index contributed by atoms with van der Waals surface area (Å²) in [5.74, 6) is 1.10. The summed E-state index contributed by atoms with van der Waals surface area (Å²) in [6.07, 6.45) is 5.42. The fraction of sp³-hybridized carbons (Fsp3) is 0.250. The van der Waals surface area contributed by atoms with Gasteiger partial charge in [-0.2, -0.15) is 0 Å². The Morgan fingerprint density at radius 1 is 1.03 bits per heavy atom. The van der Waals surface area contributed by atoms with Crippen LogP contribution >= 0.6 is 0 Å². The van der Waals surface area contributed by atoms with Crippen LogP contribution in [0.2, 0.25) is 0 Å². The van der Waals surface area contributed by atoms with Gasteiger partial charge in [-0.25, -0.2) is 0 Å². The molecule has 4 heterocycles. The maximum atomic E-state index is 12.8. The third kappa shape index (κ3) is 4.60. The lowest BCUT2D eigenvalue weighted by molar-refractivity contribution is 0.0618. The summed E-state index contributed by atoms with van der Waals surface area (Å²) in [6, 6.07) is 15.2. The molecule has 1 aromatic carbocycles. The number of fused-ring (bicyclic) bond motifs is 1. The molecule has 5 rings (SSSR count). The van der Waals surface area contributed by atoms with Crippen LogP contribution in [-0.2, 0) is 13.2 Å². The molecular formula is C24H23N5O3. The maximum Gasteiger partial charge on any atom is 0.276 e. The van der Waals surface area contributed by atoms with Gasteiger partial charge in [0.15, 0.2) is 11.5 Å². The fourth-order valence-electron chi connectivity index (χ4n) is 3.80. The summed E-state index contributed by atoms with van der Waals surface area (Å²) >= 11 is 0. The van der Waals surface area contributed by atoms with E-state index in [2.05, 4.69) is 26.1 Å². The standard InChI is InChI=1S/C24H23N5O3/c30-24(29-11-9-28(10-12-29)16-18-3-1-7-25-15-18)23-14-21(32-27-23)17-31-20-5-6-22-19(13-20)4-2-8-26-22/h1-8,13-15H,9-12,16-17H2. The Hall–Kier alpha value is -3.78. The van der Waals surface area contributed by atoms with E-state index in [1.807, 2.05) is 47.5 Å². The molecule has 0 bridgehead atoms. The molecule has 0 saturated carbocycles. The van der Waals surface area contributed by atoms with Crippen LogP contribution in [0.1, 0.15) is 21.8 Å². The average Bonchev–Trinajstić information content (AvgIpc) is 3.32. The molecule has 8 nitrogen and oxygen atoms in total. The van der Waals surface area contributed by atoms with E-state index in [4.69, 9.17) is 9.26 Å². The SMILES string of the molecule is O=C(c1cc(COc2ccc3ncccc3c2)on1)N1CCN(Cc2cccnc2)CC1. The normalized spacial score (nSPS) is 14.6. The van der Waals surface area contributed by atoms with Gasteiger partial charge in [0.25, 0.3) is 5.91 Å².